The van der Waals surface area contributed by atoms with E-state index in [4.69, 9.17) is 9.47 Å². The normalized spacial score (nSPS) is 21.4. The molecule has 0 aromatic heterocycles. The average Bonchev–Trinajstić information content (AvgIpc) is 3.48. The van der Waals surface area contributed by atoms with E-state index in [1.54, 1.807) is 32.4 Å². The fourth-order valence-corrected chi connectivity index (χ4v) is 7.39. The second-order valence-electron chi connectivity index (χ2n) is 12.1. The van der Waals surface area contributed by atoms with Crippen molar-refractivity contribution < 1.29 is 18.7 Å². The maximum atomic E-state index is 14.5. The number of ether oxygens (including phenoxy) is 2. The maximum absolute atomic E-state index is 14.5. The lowest BCUT2D eigenvalue weighted by Gasteiger charge is -2.48. The van der Waals surface area contributed by atoms with E-state index < -0.39 is 0 Å². The van der Waals surface area contributed by atoms with Crippen LogP contribution < -0.4 is 19.7 Å². The number of para-hydroxylation sites is 1. The molecular formula is C35H43FN4O3. The first-order chi connectivity index (χ1) is 21.0. The summed E-state index contributed by atoms with van der Waals surface area (Å²) in [6.45, 7) is 5.51. The third-order valence-corrected chi connectivity index (χ3v) is 9.66. The number of nitrogens with one attached hydrogen (secondary N) is 1. The standard InChI is InChI=1S/C35H43FN4O3/c1-42-33-13-12-28(23-34(33)43-2)37-35(41)14-11-27-24-40(29-21-25-7-3-4-8-26(25)22-29)16-15-31(27)38-17-19-39(20-18-38)32-10-6-5-9-30(32)36/h3-10,12-13,23,27,29,31H,11,14-22,24H2,1-2H3,(H,37,41)/t27-,31+/m0/s1. The van der Waals surface area contributed by atoms with Crippen LogP contribution in [0.2, 0.25) is 0 Å². The molecule has 2 atom stereocenters. The molecule has 228 valence electrons. The number of rotatable bonds is 9. The van der Waals surface area contributed by atoms with Gasteiger partial charge in [-0.3, -0.25) is 14.6 Å². The number of methoxy groups -OCH3 is 2. The minimum atomic E-state index is -0.153. The van der Waals surface area contributed by atoms with Crippen molar-refractivity contribution in [3.63, 3.8) is 0 Å². The molecule has 1 aliphatic carbocycles. The molecule has 2 fully saturated rings. The summed E-state index contributed by atoms with van der Waals surface area (Å²) < 4.78 is 25.2. The van der Waals surface area contributed by atoms with Crippen LogP contribution in [0, 0.1) is 11.7 Å². The zero-order valence-corrected chi connectivity index (χ0v) is 25.3. The van der Waals surface area contributed by atoms with Crippen molar-refractivity contribution >= 4 is 17.3 Å². The Hall–Kier alpha value is -3.62. The van der Waals surface area contributed by atoms with Gasteiger partial charge < -0.3 is 19.7 Å². The predicted molar refractivity (Wildman–Crippen MR) is 169 cm³/mol. The van der Waals surface area contributed by atoms with Crippen LogP contribution in [0.1, 0.15) is 30.4 Å². The van der Waals surface area contributed by atoms with Gasteiger partial charge in [-0.25, -0.2) is 4.39 Å². The van der Waals surface area contributed by atoms with Crippen LogP contribution in [0.4, 0.5) is 15.8 Å². The number of amides is 1. The molecule has 6 rings (SSSR count). The molecule has 7 nitrogen and oxygen atoms in total. The first kappa shape index (κ1) is 29.5. The largest absolute Gasteiger partial charge is 0.493 e. The Kier molecular flexibility index (Phi) is 9.14. The summed E-state index contributed by atoms with van der Waals surface area (Å²) >= 11 is 0. The van der Waals surface area contributed by atoms with E-state index in [1.165, 1.54) is 11.1 Å². The Labute approximate surface area is 254 Å². The number of benzene rings is 3. The van der Waals surface area contributed by atoms with Gasteiger partial charge in [0.05, 0.1) is 19.9 Å². The molecule has 3 aliphatic rings. The number of fused-ring (bicyclic) bond motifs is 1. The molecule has 2 heterocycles. The second kappa shape index (κ2) is 13.3. The summed E-state index contributed by atoms with van der Waals surface area (Å²) in [5, 5.41) is 3.07. The summed E-state index contributed by atoms with van der Waals surface area (Å²) in [6, 6.07) is 22.3. The van der Waals surface area contributed by atoms with Gasteiger partial charge in [0.25, 0.3) is 0 Å². The molecule has 3 aromatic rings. The van der Waals surface area contributed by atoms with Gasteiger partial charge in [0.1, 0.15) is 5.82 Å². The van der Waals surface area contributed by atoms with Gasteiger partial charge in [0.2, 0.25) is 5.91 Å². The number of hydrogen-bond donors (Lipinski definition) is 1. The van der Waals surface area contributed by atoms with E-state index in [9.17, 15) is 9.18 Å². The van der Waals surface area contributed by atoms with Crippen molar-refractivity contribution in [2.75, 3.05) is 63.7 Å². The predicted octanol–water partition coefficient (Wildman–Crippen LogP) is 5.24. The second-order valence-corrected chi connectivity index (χ2v) is 12.1. The summed E-state index contributed by atoms with van der Waals surface area (Å²) in [5.41, 5.74) is 4.35. The van der Waals surface area contributed by atoms with Crippen molar-refractivity contribution in [2.45, 2.75) is 44.2 Å². The summed E-state index contributed by atoms with van der Waals surface area (Å²) in [6.07, 6.45) is 4.59. The average molecular weight is 587 g/mol. The van der Waals surface area contributed by atoms with E-state index in [-0.39, 0.29) is 11.7 Å². The highest BCUT2D eigenvalue weighted by molar-refractivity contribution is 5.91. The molecule has 0 saturated carbocycles. The summed E-state index contributed by atoms with van der Waals surface area (Å²) in [5.74, 6) is 1.47. The molecule has 3 aromatic carbocycles. The van der Waals surface area contributed by atoms with E-state index in [0.29, 0.717) is 47.3 Å². The Morgan fingerprint density at radius 2 is 1.56 bits per heavy atom. The monoisotopic (exact) mass is 586 g/mol. The Bertz CT molecular complexity index is 1380. The number of piperidine rings is 1. The maximum Gasteiger partial charge on any atom is 0.224 e. The van der Waals surface area contributed by atoms with E-state index in [1.807, 2.05) is 24.3 Å². The zero-order chi connectivity index (χ0) is 29.8. The molecule has 43 heavy (non-hydrogen) atoms. The van der Waals surface area contributed by atoms with E-state index >= 15 is 0 Å². The highest BCUT2D eigenvalue weighted by Gasteiger charge is 2.38. The lowest BCUT2D eigenvalue weighted by Crippen LogP contribution is -2.58. The third kappa shape index (κ3) is 6.65. The van der Waals surface area contributed by atoms with Crippen LogP contribution in [-0.2, 0) is 17.6 Å². The number of likely N-dealkylation sites (tertiary alicyclic amines) is 1. The molecule has 0 bridgehead atoms. The van der Waals surface area contributed by atoms with E-state index in [2.05, 4.69) is 44.3 Å². The van der Waals surface area contributed by atoms with Gasteiger partial charge in [0.15, 0.2) is 11.5 Å². The molecule has 2 aliphatic heterocycles. The van der Waals surface area contributed by atoms with E-state index in [0.717, 1.165) is 65.0 Å². The molecule has 2 saturated heterocycles. The first-order valence-electron chi connectivity index (χ1n) is 15.6. The quantitative estimate of drug-likeness (QED) is 0.370. The number of anilines is 2. The Balaban J connectivity index is 1.11. The van der Waals surface area contributed by atoms with Gasteiger partial charge in [-0.05, 0) is 73.5 Å². The van der Waals surface area contributed by atoms with Gasteiger partial charge in [-0.2, -0.15) is 0 Å². The summed E-state index contributed by atoms with van der Waals surface area (Å²) in [4.78, 5) is 20.6. The first-order valence-corrected chi connectivity index (χ1v) is 15.6. The lowest BCUT2D eigenvalue weighted by molar-refractivity contribution is -0.116. The van der Waals surface area contributed by atoms with Crippen LogP contribution in [0.25, 0.3) is 0 Å². The third-order valence-electron chi connectivity index (χ3n) is 9.66. The van der Waals surface area contributed by atoms with Gasteiger partial charge >= 0.3 is 0 Å². The molecule has 0 unspecified atom stereocenters. The van der Waals surface area contributed by atoms with Crippen LogP contribution in [0.15, 0.2) is 66.7 Å². The number of nitrogens with zero attached hydrogens (tertiary/aromatic N) is 3. The lowest BCUT2D eigenvalue weighted by atomic mass is 9.85. The van der Waals surface area contributed by atoms with Crippen molar-refractivity contribution in [3.05, 3.63) is 83.7 Å². The van der Waals surface area contributed by atoms with Crippen LogP contribution in [0.5, 0.6) is 11.5 Å². The van der Waals surface area contributed by atoms with Crippen LogP contribution in [0.3, 0.4) is 0 Å². The smallest absolute Gasteiger partial charge is 0.224 e. The van der Waals surface area contributed by atoms with Crippen molar-refractivity contribution in [1.82, 2.24) is 9.80 Å². The van der Waals surface area contributed by atoms with Crippen LogP contribution >= 0.6 is 0 Å². The molecular weight excluding hydrogens is 543 g/mol. The number of hydrogen-bond acceptors (Lipinski definition) is 6. The Morgan fingerprint density at radius 1 is 0.860 bits per heavy atom. The highest BCUT2D eigenvalue weighted by Crippen LogP contribution is 2.34. The Morgan fingerprint density at radius 3 is 2.26 bits per heavy atom. The molecule has 0 spiro atoms. The fraction of sp³-hybridized carbons (Fsp3) is 0.457. The molecule has 8 heteroatoms. The van der Waals surface area contributed by atoms with Gasteiger partial charge in [-0.15, -0.1) is 0 Å². The van der Waals surface area contributed by atoms with Gasteiger partial charge in [-0.1, -0.05) is 36.4 Å². The summed E-state index contributed by atoms with van der Waals surface area (Å²) in [7, 11) is 3.20. The SMILES string of the molecule is COc1ccc(NC(=O)CC[C@H]2CN(C3Cc4ccccc4C3)CC[C@H]2N2CCN(c3ccccc3F)CC2)cc1OC. The minimum Gasteiger partial charge on any atom is -0.493 e. The number of carbonyl (C=O) groups excluding carboxylic acids is 1. The van der Waals surface area contributed by atoms with Crippen molar-refractivity contribution in [1.29, 1.82) is 0 Å². The number of piperazine rings is 1. The minimum absolute atomic E-state index is 0.0146. The van der Waals surface area contributed by atoms with Crippen LogP contribution in [-0.4, -0.2) is 81.3 Å². The fourth-order valence-electron chi connectivity index (χ4n) is 7.39. The molecule has 1 N–H and O–H groups in total. The molecule has 1 amide bonds. The molecule has 0 radical (unpaired) electrons. The van der Waals surface area contributed by atoms with Crippen molar-refractivity contribution in [2.24, 2.45) is 5.92 Å². The zero-order valence-electron chi connectivity index (χ0n) is 25.3. The van der Waals surface area contributed by atoms with Crippen molar-refractivity contribution in [3.8, 4) is 11.5 Å². The number of halogens is 1. The highest BCUT2D eigenvalue weighted by atomic mass is 19.1. The number of carbonyl (C=O) groups is 1. The topological polar surface area (TPSA) is 57.3 Å². The van der Waals surface area contributed by atoms with Gasteiger partial charge in [0, 0.05) is 63.0 Å².